The monoisotopic (exact) mass is 438 g/mol. The van der Waals surface area contributed by atoms with Crippen LogP contribution in [0.25, 0.3) is 0 Å². The summed E-state index contributed by atoms with van der Waals surface area (Å²) in [4.78, 5) is 37.6. The zero-order chi connectivity index (χ0) is 22.2. The third kappa shape index (κ3) is 3.74. The number of pyridine rings is 1. The van der Waals surface area contributed by atoms with Crippen molar-refractivity contribution in [1.82, 2.24) is 19.7 Å². The molecule has 4 fully saturated rings. The minimum atomic E-state index is -0.286. The molecule has 0 N–H and O–H groups in total. The van der Waals surface area contributed by atoms with Crippen LogP contribution in [0.15, 0.2) is 24.5 Å². The number of amides is 2. The molecule has 3 saturated heterocycles. The van der Waals surface area contributed by atoms with Crippen molar-refractivity contribution in [1.29, 1.82) is 0 Å². The predicted molar refractivity (Wildman–Crippen MR) is 124 cm³/mol. The molecule has 1 aliphatic carbocycles. The Morgan fingerprint density at radius 1 is 1.12 bits per heavy atom. The van der Waals surface area contributed by atoms with Gasteiger partial charge in [0.1, 0.15) is 0 Å². The van der Waals surface area contributed by atoms with Gasteiger partial charge in [0.15, 0.2) is 0 Å². The van der Waals surface area contributed by atoms with E-state index >= 15 is 0 Å². The maximum atomic E-state index is 13.7. The van der Waals surface area contributed by atoms with Gasteiger partial charge in [-0.15, -0.1) is 0 Å². The molecule has 4 aliphatic rings. The number of nitrogens with zero attached hydrogens (tertiary/aromatic N) is 4. The fourth-order valence-electron chi connectivity index (χ4n) is 7.24. The molecule has 0 bridgehead atoms. The number of likely N-dealkylation sites (tertiary alicyclic amines) is 3. The molecule has 1 saturated carbocycles. The van der Waals surface area contributed by atoms with E-state index in [0.29, 0.717) is 17.7 Å². The number of fused-ring (bicyclic) bond motifs is 1. The molecule has 5 rings (SSSR count). The van der Waals surface area contributed by atoms with E-state index in [2.05, 4.69) is 32.7 Å². The summed E-state index contributed by atoms with van der Waals surface area (Å²) in [5.74, 6) is 1.30. The minimum Gasteiger partial charge on any atom is -0.343 e. The van der Waals surface area contributed by atoms with Gasteiger partial charge in [-0.25, -0.2) is 0 Å². The normalized spacial score (nSPS) is 28.5. The van der Waals surface area contributed by atoms with Gasteiger partial charge in [0, 0.05) is 70.0 Å². The lowest BCUT2D eigenvalue weighted by Crippen LogP contribution is -2.53. The van der Waals surface area contributed by atoms with Gasteiger partial charge < -0.3 is 9.80 Å². The molecule has 0 unspecified atom stereocenters. The molecule has 1 atom stereocenters. The maximum absolute atomic E-state index is 13.7. The lowest BCUT2D eigenvalue weighted by Gasteiger charge is -2.47. The molecule has 0 radical (unpaired) electrons. The van der Waals surface area contributed by atoms with Crippen LogP contribution in [0.4, 0.5) is 0 Å². The Balaban J connectivity index is 1.32. The Hall–Kier alpha value is -1.95. The topological polar surface area (TPSA) is 56.8 Å². The SMILES string of the molecule is CCN1CC[C@@]2(CN(Cc3cccnc3)CC23CCN(C(=O)CC2CCCC2)CC3)C1=O. The fourth-order valence-corrected chi connectivity index (χ4v) is 7.24. The van der Waals surface area contributed by atoms with Gasteiger partial charge in [-0.3, -0.25) is 19.5 Å². The van der Waals surface area contributed by atoms with E-state index in [1.54, 1.807) is 0 Å². The summed E-state index contributed by atoms with van der Waals surface area (Å²) in [7, 11) is 0. The Morgan fingerprint density at radius 2 is 1.91 bits per heavy atom. The average molecular weight is 439 g/mol. The van der Waals surface area contributed by atoms with Gasteiger partial charge in [-0.05, 0) is 56.6 Å². The van der Waals surface area contributed by atoms with Gasteiger partial charge in [0.05, 0.1) is 5.41 Å². The highest BCUT2D eigenvalue weighted by Crippen LogP contribution is 2.58. The number of hydrogen-bond donors (Lipinski definition) is 0. The number of carbonyl (C=O) groups excluding carboxylic acids is 2. The molecule has 2 spiro atoms. The Bertz CT molecular complexity index is 829. The van der Waals surface area contributed by atoms with Crippen LogP contribution in [0, 0.1) is 16.7 Å². The summed E-state index contributed by atoms with van der Waals surface area (Å²) in [6.45, 7) is 8.04. The second-order valence-corrected chi connectivity index (χ2v) is 10.7. The van der Waals surface area contributed by atoms with E-state index in [1.807, 2.05) is 18.5 Å². The molecular formula is C26H38N4O2. The molecule has 1 aromatic rings. The predicted octanol–water partition coefficient (Wildman–Crippen LogP) is 3.32. The van der Waals surface area contributed by atoms with E-state index in [0.717, 1.165) is 71.5 Å². The zero-order valence-electron chi connectivity index (χ0n) is 19.6. The van der Waals surface area contributed by atoms with Crippen molar-refractivity contribution in [2.24, 2.45) is 16.7 Å². The molecule has 0 aromatic carbocycles. The third-order valence-corrected chi connectivity index (χ3v) is 9.06. The summed E-state index contributed by atoms with van der Waals surface area (Å²) in [5, 5.41) is 0. The molecule has 32 heavy (non-hydrogen) atoms. The Morgan fingerprint density at radius 3 is 2.56 bits per heavy atom. The van der Waals surface area contributed by atoms with Crippen molar-refractivity contribution in [2.75, 3.05) is 39.3 Å². The van der Waals surface area contributed by atoms with E-state index < -0.39 is 0 Å². The van der Waals surface area contributed by atoms with Gasteiger partial charge in [0.2, 0.25) is 11.8 Å². The number of hydrogen-bond acceptors (Lipinski definition) is 4. The molecule has 3 aliphatic heterocycles. The van der Waals surface area contributed by atoms with E-state index in [9.17, 15) is 9.59 Å². The molecule has 6 heteroatoms. The van der Waals surface area contributed by atoms with Crippen LogP contribution < -0.4 is 0 Å². The second kappa shape index (κ2) is 8.77. The Kier molecular flexibility index (Phi) is 5.99. The van der Waals surface area contributed by atoms with Gasteiger partial charge in [0.25, 0.3) is 0 Å². The van der Waals surface area contributed by atoms with Crippen LogP contribution in [-0.4, -0.2) is 70.8 Å². The molecule has 6 nitrogen and oxygen atoms in total. The first kappa shape index (κ1) is 21.9. The highest BCUT2D eigenvalue weighted by atomic mass is 16.2. The molecule has 1 aromatic heterocycles. The summed E-state index contributed by atoms with van der Waals surface area (Å²) in [6.07, 6.45) is 12.4. The number of carbonyl (C=O) groups is 2. The van der Waals surface area contributed by atoms with Gasteiger partial charge in [-0.2, -0.15) is 0 Å². The molecular weight excluding hydrogens is 400 g/mol. The first-order valence-electron chi connectivity index (χ1n) is 12.7. The van der Waals surface area contributed by atoms with Crippen LogP contribution in [0.5, 0.6) is 0 Å². The number of piperidine rings is 1. The van der Waals surface area contributed by atoms with E-state index in [-0.39, 0.29) is 10.8 Å². The van der Waals surface area contributed by atoms with Crippen molar-refractivity contribution in [3.63, 3.8) is 0 Å². The second-order valence-electron chi connectivity index (χ2n) is 10.7. The zero-order valence-corrected chi connectivity index (χ0v) is 19.6. The molecule has 4 heterocycles. The van der Waals surface area contributed by atoms with Crippen LogP contribution in [0.3, 0.4) is 0 Å². The van der Waals surface area contributed by atoms with Gasteiger partial charge in [-0.1, -0.05) is 18.9 Å². The summed E-state index contributed by atoms with van der Waals surface area (Å²) < 4.78 is 0. The van der Waals surface area contributed by atoms with Crippen molar-refractivity contribution in [3.05, 3.63) is 30.1 Å². The summed E-state index contributed by atoms with van der Waals surface area (Å²) >= 11 is 0. The standard InChI is InChI=1S/C26H38N4O2/c1-2-29-15-11-26(24(29)32)20-28(18-22-8-5-12-27-17-22)19-25(26)9-13-30(14-10-25)23(31)16-21-6-3-4-7-21/h5,8,12,17,21H,2-4,6-7,9-11,13-16,18-20H2,1H3/t26-/m1/s1. The minimum absolute atomic E-state index is 0.0135. The van der Waals surface area contributed by atoms with Crippen LogP contribution in [0.1, 0.15) is 63.9 Å². The summed E-state index contributed by atoms with van der Waals surface area (Å²) in [6, 6.07) is 4.12. The lowest BCUT2D eigenvalue weighted by atomic mass is 9.60. The van der Waals surface area contributed by atoms with Crippen LogP contribution >= 0.6 is 0 Å². The average Bonchev–Trinajstić information content (AvgIpc) is 3.50. The quantitative estimate of drug-likeness (QED) is 0.708. The van der Waals surface area contributed by atoms with Crippen LogP contribution in [-0.2, 0) is 16.1 Å². The van der Waals surface area contributed by atoms with Crippen molar-refractivity contribution < 1.29 is 9.59 Å². The maximum Gasteiger partial charge on any atom is 0.230 e. The van der Waals surface area contributed by atoms with Crippen molar-refractivity contribution in [3.8, 4) is 0 Å². The van der Waals surface area contributed by atoms with Gasteiger partial charge >= 0.3 is 0 Å². The lowest BCUT2D eigenvalue weighted by molar-refractivity contribution is -0.144. The number of aromatic nitrogens is 1. The molecule has 174 valence electrons. The first-order valence-corrected chi connectivity index (χ1v) is 12.7. The smallest absolute Gasteiger partial charge is 0.230 e. The van der Waals surface area contributed by atoms with Crippen LogP contribution in [0.2, 0.25) is 0 Å². The third-order valence-electron chi connectivity index (χ3n) is 9.06. The number of rotatable bonds is 5. The largest absolute Gasteiger partial charge is 0.343 e. The fraction of sp³-hybridized carbons (Fsp3) is 0.731. The highest BCUT2D eigenvalue weighted by molar-refractivity contribution is 5.87. The van der Waals surface area contributed by atoms with E-state index in [1.165, 1.54) is 31.2 Å². The Labute approximate surface area is 192 Å². The van der Waals surface area contributed by atoms with Crippen molar-refractivity contribution >= 4 is 11.8 Å². The van der Waals surface area contributed by atoms with E-state index in [4.69, 9.17) is 0 Å². The highest BCUT2D eigenvalue weighted by Gasteiger charge is 2.64. The molecule has 2 amide bonds. The summed E-state index contributed by atoms with van der Waals surface area (Å²) in [5.41, 5.74) is 0.910. The first-order chi connectivity index (χ1) is 15.6. The van der Waals surface area contributed by atoms with Crippen molar-refractivity contribution in [2.45, 2.75) is 64.8 Å².